The fraction of sp³-hybridized carbons (Fsp3) is 0.357. The topological polar surface area (TPSA) is 91.7 Å². The molecule has 0 saturated heterocycles. The maximum absolute atomic E-state index is 11.8. The molecule has 0 radical (unpaired) electrons. The molecule has 0 aliphatic carbocycles. The molecule has 1 aliphatic heterocycles. The Bertz CT molecular complexity index is 594. The highest BCUT2D eigenvalue weighted by Crippen LogP contribution is 2.31. The minimum Gasteiger partial charge on any atom is -0.484 e. The minimum atomic E-state index is -0.230. The van der Waals surface area contributed by atoms with Crippen LogP contribution in [0.15, 0.2) is 18.2 Å². The van der Waals surface area contributed by atoms with Gasteiger partial charge in [-0.2, -0.15) is 5.26 Å². The Hall–Kier alpha value is -2.75. The molecule has 1 aromatic carbocycles. The van der Waals surface area contributed by atoms with Crippen molar-refractivity contribution in [3.05, 3.63) is 18.2 Å². The van der Waals surface area contributed by atoms with Crippen LogP contribution in [0, 0.1) is 11.3 Å². The second kappa shape index (κ2) is 6.61. The van der Waals surface area contributed by atoms with E-state index in [-0.39, 0.29) is 31.4 Å². The molecule has 1 aromatic rings. The molecular weight excluding hydrogens is 274 g/mol. The van der Waals surface area contributed by atoms with E-state index in [2.05, 4.69) is 5.32 Å². The van der Waals surface area contributed by atoms with Crippen LogP contribution >= 0.6 is 0 Å². The molecule has 0 fully saturated rings. The van der Waals surface area contributed by atoms with Crippen molar-refractivity contribution in [3.8, 4) is 17.6 Å². The van der Waals surface area contributed by atoms with Crippen LogP contribution in [0.25, 0.3) is 0 Å². The monoisotopic (exact) mass is 289 g/mol. The molecule has 110 valence electrons. The molecule has 0 bridgehead atoms. The number of hydrogen-bond donors (Lipinski definition) is 1. The Morgan fingerprint density at radius 3 is 3.14 bits per heavy atom. The summed E-state index contributed by atoms with van der Waals surface area (Å²) >= 11 is 0. The van der Waals surface area contributed by atoms with Gasteiger partial charge in [0.1, 0.15) is 11.5 Å². The maximum Gasteiger partial charge on any atom is 0.262 e. The number of anilines is 1. The zero-order chi connectivity index (χ0) is 15.2. The van der Waals surface area contributed by atoms with E-state index >= 15 is 0 Å². The van der Waals surface area contributed by atoms with Crippen LogP contribution in [0.2, 0.25) is 0 Å². The van der Waals surface area contributed by atoms with Crippen LogP contribution in [0.4, 0.5) is 5.69 Å². The van der Waals surface area contributed by atoms with E-state index < -0.39 is 0 Å². The van der Waals surface area contributed by atoms with Gasteiger partial charge in [0.05, 0.1) is 18.2 Å². The van der Waals surface area contributed by atoms with E-state index in [1.165, 1.54) is 4.90 Å². The number of ether oxygens (including phenoxy) is 2. The van der Waals surface area contributed by atoms with Gasteiger partial charge in [-0.15, -0.1) is 0 Å². The first-order valence-corrected chi connectivity index (χ1v) is 6.40. The van der Waals surface area contributed by atoms with Crippen LogP contribution in [-0.2, 0) is 9.59 Å². The molecule has 2 amide bonds. The standard InChI is InChI=1S/C14H15N3O4/c1-17(6-2-5-15)14(19)9-20-10-3-4-12-11(7-10)16-13(18)8-21-12/h3-4,7H,2,6,8-9H2,1H3,(H,16,18). The van der Waals surface area contributed by atoms with E-state index in [9.17, 15) is 9.59 Å². The molecule has 0 spiro atoms. The Labute approximate surface area is 122 Å². The molecular formula is C14H15N3O4. The number of carbonyl (C=O) groups is 2. The molecule has 21 heavy (non-hydrogen) atoms. The zero-order valence-electron chi connectivity index (χ0n) is 11.6. The molecule has 1 heterocycles. The molecule has 1 N–H and O–H groups in total. The first-order chi connectivity index (χ1) is 10.1. The lowest BCUT2D eigenvalue weighted by molar-refractivity contribution is -0.132. The van der Waals surface area contributed by atoms with Gasteiger partial charge >= 0.3 is 0 Å². The maximum atomic E-state index is 11.8. The number of rotatable bonds is 5. The van der Waals surface area contributed by atoms with Gasteiger partial charge < -0.3 is 19.7 Å². The largest absolute Gasteiger partial charge is 0.484 e. The number of likely N-dealkylation sites (N-methyl/N-ethyl adjacent to an activating group) is 1. The summed E-state index contributed by atoms with van der Waals surface area (Å²) in [6.45, 7) is 0.234. The number of nitrogens with one attached hydrogen (secondary N) is 1. The molecule has 2 rings (SSSR count). The van der Waals surface area contributed by atoms with Crippen LogP contribution in [-0.4, -0.2) is 43.5 Å². The van der Waals surface area contributed by atoms with E-state index in [1.807, 2.05) is 6.07 Å². The van der Waals surface area contributed by atoms with Crippen LogP contribution < -0.4 is 14.8 Å². The van der Waals surface area contributed by atoms with Gasteiger partial charge in [-0.05, 0) is 12.1 Å². The van der Waals surface area contributed by atoms with Crippen molar-refractivity contribution in [2.45, 2.75) is 6.42 Å². The normalized spacial score (nSPS) is 12.5. The number of amides is 2. The number of fused-ring (bicyclic) bond motifs is 1. The minimum absolute atomic E-state index is 0.00459. The van der Waals surface area contributed by atoms with E-state index in [1.54, 1.807) is 25.2 Å². The van der Waals surface area contributed by atoms with E-state index in [0.29, 0.717) is 23.7 Å². The Balaban J connectivity index is 1.92. The summed E-state index contributed by atoms with van der Waals surface area (Å²) < 4.78 is 10.6. The Kier molecular flexibility index (Phi) is 4.61. The number of hydrogen-bond acceptors (Lipinski definition) is 5. The molecule has 0 unspecified atom stereocenters. The van der Waals surface area contributed by atoms with Crippen molar-refractivity contribution in [3.63, 3.8) is 0 Å². The van der Waals surface area contributed by atoms with E-state index in [4.69, 9.17) is 14.7 Å². The second-order valence-corrected chi connectivity index (χ2v) is 4.51. The van der Waals surface area contributed by atoms with Crippen molar-refractivity contribution in [1.82, 2.24) is 4.90 Å². The summed E-state index contributed by atoms with van der Waals surface area (Å²) in [5.41, 5.74) is 0.522. The lowest BCUT2D eigenvalue weighted by Crippen LogP contribution is -2.32. The number of nitriles is 1. The third-order valence-corrected chi connectivity index (χ3v) is 2.93. The summed E-state index contributed by atoms with van der Waals surface area (Å²) in [7, 11) is 1.62. The Morgan fingerprint density at radius 2 is 2.38 bits per heavy atom. The highest BCUT2D eigenvalue weighted by Gasteiger charge is 2.17. The highest BCUT2D eigenvalue weighted by molar-refractivity contribution is 5.95. The van der Waals surface area contributed by atoms with Crippen molar-refractivity contribution in [1.29, 1.82) is 5.26 Å². The van der Waals surface area contributed by atoms with Crippen molar-refractivity contribution in [2.24, 2.45) is 0 Å². The highest BCUT2D eigenvalue weighted by atomic mass is 16.5. The predicted octanol–water partition coefficient (Wildman–Crippen LogP) is 0.768. The summed E-state index contributed by atoms with van der Waals surface area (Å²) in [5.74, 6) is 0.580. The lowest BCUT2D eigenvalue weighted by Gasteiger charge is -2.19. The fourth-order valence-electron chi connectivity index (χ4n) is 1.75. The van der Waals surface area contributed by atoms with Gasteiger partial charge in [0.25, 0.3) is 11.8 Å². The first kappa shape index (κ1) is 14.7. The fourth-order valence-corrected chi connectivity index (χ4v) is 1.75. The van der Waals surface area contributed by atoms with Crippen molar-refractivity contribution < 1.29 is 19.1 Å². The molecule has 7 nitrogen and oxygen atoms in total. The average molecular weight is 289 g/mol. The van der Waals surface area contributed by atoms with Gasteiger partial charge in [-0.1, -0.05) is 0 Å². The Morgan fingerprint density at radius 1 is 1.57 bits per heavy atom. The smallest absolute Gasteiger partial charge is 0.262 e. The van der Waals surface area contributed by atoms with E-state index in [0.717, 1.165) is 0 Å². The van der Waals surface area contributed by atoms with Gasteiger partial charge in [0.15, 0.2) is 13.2 Å². The first-order valence-electron chi connectivity index (χ1n) is 6.40. The summed E-state index contributed by atoms with van der Waals surface area (Å²) in [5, 5.41) is 11.1. The number of benzene rings is 1. The van der Waals surface area contributed by atoms with Gasteiger partial charge in [-0.3, -0.25) is 9.59 Å². The predicted molar refractivity (Wildman–Crippen MR) is 73.9 cm³/mol. The molecule has 7 heteroatoms. The number of carbonyl (C=O) groups excluding carboxylic acids is 2. The molecule has 1 aliphatic rings. The summed E-state index contributed by atoms with van der Waals surface area (Å²) in [4.78, 5) is 24.4. The molecule has 0 aromatic heterocycles. The third-order valence-electron chi connectivity index (χ3n) is 2.93. The SMILES string of the molecule is CN(CCC#N)C(=O)COc1ccc2c(c1)NC(=O)CO2. The average Bonchev–Trinajstić information content (AvgIpc) is 2.49. The summed E-state index contributed by atoms with van der Waals surface area (Å²) in [6, 6.07) is 6.92. The van der Waals surface area contributed by atoms with Gasteiger partial charge in [0, 0.05) is 19.7 Å². The van der Waals surface area contributed by atoms with Gasteiger partial charge in [0.2, 0.25) is 0 Å². The van der Waals surface area contributed by atoms with Crippen molar-refractivity contribution >= 4 is 17.5 Å². The van der Waals surface area contributed by atoms with Gasteiger partial charge in [-0.25, -0.2) is 0 Å². The lowest BCUT2D eigenvalue weighted by atomic mass is 10.2. The van der Waals surface area contributed by atoms with Crippen LogP contribution in [0.3, 0.4) is 0 Å². The van der Waals surface area contributed by atoms with Crippen molar-refractivity contribution in [2.75, 3.05) is 32.1 Å². The summed E-state index contributed by atoms with van der Waals surface area (Å²) in [6.07, 6.45) is 0.282. The van der Waals surface area contributed by atoms with Crippen LogP contribution in [0.1, 0.15) is 6.42 Å². The van der Waals surface area contributed by atoms with Crippen LogP contribution in [0.5, 0.6) is 11.5 Å². The number of nitrogens with zero attached hydrogens (tertiary/aromatic N) is 2. The zero-order valence-corrected chi connectivity index (χ0v) is 11.6. The molecule has 0 saturated carbocycles. The second-order valence-electron chi connectivity index (χ2n) is 4.51. The third kappa shape index (κ3) is 3.86. The quantitative estimate of drug-likeness (QED) is 0.864. The molecule has 0 atom stereocenters.